The van der Waals surface area contributed by atoms with Crippen molar-refractivity contribution >= 4 is 28.5 Å². The molecule has 112 valence electrons. The predicted octanol–water partition coefficient (Wildman–Crippen LogP) is 3.38. The predicted molar refractivity (Wildman–Crippen MR) is 87.9 cm³/mol. The summed E-state index contributed by atoms with van der Waals surface area (Å²) in [5.41, 5.74) is 2.88. The summed E-state index contributed by atoms with van der Waals surface area (Å²) in [5.74, 6) is 0.980. The molecule has 0 bridgehead atoms. The molecule has 1 saturated heterocycles. The third-order valence-electron chi connectivity index (χ3n) is 4.15. The van der Waals surface area contributed by atoms with Gasteiger partial charge in [-0.05, 0) is 37.5 Å². The minimum atomic E-state index is 0.693. The van der Waals surface area contributed by atoms with E-state index in [4.69, 9.17) is 11.6 Å². The molecule has 0 saturated carbocycles. The van der Waals surface area contributed by atoms with Crippen LogP contribution in [0.5, 0.6) is 0 Å². The molecule has 0 unspecified atom stereocenters. The number of anilines is 1. The largest absolute Gasteiger partial charge is 0.356 e. The first-order chi connectivity index (χ1) is 10.7. The zero-order valence-corrected chi connectivity index (χ0v) is 13.1. The molecular formula is C16H16ClN5. The van der Waals surface area contributed by atoms with Gasteiger partial charge in [-0.1, -0.05) is 17.7 Å². The minimum absolute atomic E-state index is 0.693. The number of rotatable bonds is 2. The third-order valence-corrected chi connectivity index (χ3v) is 4.38. The van der Waals surface area contributed by atoms with Gasteiger partial charge in [-0.25, -0.2) is 14.6 Å². The standard InChI is InChI=1S/C16H16ClN5/c1-11-4-5-12(17)8-14(11)22-16-13(9-20-22)15(18-10-19-16)21-6-2-3-7-21/h4-5,8-10H,2-3,6-7H2,1H3. The molecule has 0 spiro atoms. The van der Waals surface area contributed by atoms with Crippen molar-refractivity contribution in [2.24, 2.45) is 0 Å². The number of hydrogen-bond donors (Lipinski definition) is 0. The minimum Gasteiger partial charge on any atom is -0.356 e. The maximum atomic E-state index is 6.14. The number of aromatic nitrogens is 4. The van der Waals surface area contributed by atoms with Crippen LogP contribution in [0.1, 0.15) is 18.4 Å². The lowest BCUT2D eigenvalue weighted by Gasteiger charge is -2.16. The van der Waals surface area contributed by atoms with E-state index in [2.05, 4.69) is 20.0 Å². The molecule has 3 aromatic rings. The van der Waals surface area contributed by atoms with Crippen LogP contribution in [0.4, 0.5) is 5.82 Å². The Bertz CT molecular complexity index is 836. The lowest BCUT2D eigenvalue weighted by Crippen LogP contribution is -2.19. The van der Waals surface area contributed by atoms with E-state index in [9.17, 15) is 0 Å². The van der Waals surface area contributed by atoms with Crippen molar-refractivity contribution in [1.29, 1.82) is 0 Å². The van der Waals surface area contributed by atoms with Gasteiger partial charge in [-0.2, -0.15) is 5.10 Å². The molecule has 0 atom stereocenters. The van der Waals surface area contributed by atoms with E-state index in [0.717, 1.165) is 41.2 Å². The summed E-state index contributed by atoms with van der Waals surface area (Å²) >= 11 is 6.14. The van der Waals surface area contributed by atoms with Crippen molar-refractivity contribution in [2.45, 2.75) is 19.8 Å². The fraction of sp³-hybridized carbons (Fsp3) is 0.312. The van der Waals surface area contributed by atoms with Crippen molar-refractivity contribution in [3.05, 3.63) is 41.3 Å². The smallest absolute Gasteiger partial charge is 0.168 e. The van der Waals surface area contributed by atoms with Crippen LogP contribution < -0.4 is 4.90 Å². The van der Waals surface area contributed by atoms with E-state index in [-0.39, 0.29) is 0 Å². The van der Waals surface area contributed by atoms with Crippen LogP contribution in [-0.2, 0) is 0 Å². The van der Waals surface area contributed by atoms with E-state index < -0.39 is 0 Å². The van der Waals surface area contributed by atoms with Crippen LogP contribution in [-0.4, -0.2) is 32.8 Å². The van der Waals surface area contributed by atoms with Gasteiger partial charge >= 0.3 is 0 Å². The van der Waals surface area contributed by atoms with Crippen LogP contribution in [0.25, 0.3) is 16.7 Å². The molecule has 22 heavy (non-hydrogen) atoms. The zero-order chi connectivity index (χ0) is 15.1. The lowest BCUT2D eigenvalue weighted by molar-refractivity contribution is 0.885. The summed E-state index contributed by atoms with van der Waals surface area (Å²) in [6.45, 7) is 4.14. The summed E-state index contributed by atoms with van der Waals surface area (Å²) in [6.07, 6.45) is 5.90. The second-order valence-corrected chi connectivity index (χ2v) is 6.05. The fourth-order valence-electron chi connectivity index (χ4n) is 3.00. The lowest BCUT2D eigenvalue weighted by atomic mass is 10.2. The Hall–Kier alpha value is -2.14. The van der Waals surface area contributed by atoms with Crippen molar-refractivity contribution in [2.75, 3.05) is 18.0 Å². The summed E-state index contributed by atoms with van der Waals surface area (Å²) in [4.78, 5) is 11.2. The molecule has 6 heteroatoms. The fourth-order valence-corrected chi connectivity index (χ4v) is 3.17. The van der Waals surface area contributed by atoms with Crippen molar-refractivity contribution in [3.63, 3.8) is 0 Å². The molecule has 2 aromatic heterocycles. The van der Waals surface area contributed by atoms with E-state index in [1.807, 2.05) is 36.0 Å². The van der Waals surface area contributed by atoms with E-state index >= 15 is 0 Å². The third kappa shape index (κ3) is 2.13. The molecule has 1 fully saturated rings. The molecule has 5 nitrogen and oxygen atoms in total. The van der Waals surface area contributed by atoms with Gasteiger partial charge in [0, 0.05) is 18.1 Å². The van der Waals surface area contributed by atoms with Gasteiger partial charge in [0.1, 0.15) is 12.1 Å². The highest BCUT2D eigenvalue weighted by Crippen LogP contribution is 2.28. The maximum absolute atomic E-state index is 6.14. The molecular weight excluding hydrogens is 298 g/mol. The van der Waals surface area contributed by atoms with Crippen molar-refractivity contribution in [3.8, 4) is 5.69 Å². The first-order valence-corrected chi connectivity index (χ1v) is 7.82. The van der Waals surface area contributed by atoms with Crippen molar-refractivity contribution in [1.82, 2.24) is 19.7 Å². The summed E-state index contributed by atoms with van der Waals surface area (Å²) in [5, 5.41) is 6.21. The first kappa shape index (κ1) is 13.5. The SMILES string of the molecule is Cc1ccc(Cl)cc1-n1ncc2c(N3CCCC3)ncnc21. The molecule has 0 N–H and O–H groups in total. The molecule has 1 aliphatic heterocycles. The Kier molecular flexibility index (Phi) is 3.22. The highest BCUT2D eigenvalue weighted by atomic mass is 35.5. The van der Waals surface area contributed by atoms with Crippen molar-refractivity contribution < 1.29 is 0 Å². The quantitative estimate of drug-likeness (QED) is 0.727. The molecule has 0 amide bonds. The van der Waals surface area contributed by atoms with Crippen LogP contribution in [0.15, 0.2) is 30.7 Å². The van der Waals surface area contributed by atoms with E-state index in [1.165, 1.54) is 12.8 Å². The first-order valence-electron chi connectivity index (χ1n) is 7.44. The molecule has 0 radical (unpaired) electrons. The van der Waals surface area contributed by atoms with E-state index in [1.54, 1.807) is 6.33 Å². The maximum Gasteiger partial charge on any atom is 0.168 e. The van der Waals surface area contributed by atoms with Gasteiger partial charge < -0.3 is 4.90 Å². The second-order valence-electron chi connectivity index (χ2n) is 5.62. The van der Waals surface area contributed by atoms with Crippen LogP contribution in [0, 0.1) is 6.92 Å². The molecule has 3 heterocycles. The summed E-state index contributed by atoms with van der Waals surface area (Å²) in [6, 6.07) is 5.80. The normalized spacial score (nSPS) is 14.9. The Balaban J connectivity index is 1.90. The number of halogens is 1. The van der Waals surface area contributed by atoms with Crippen LogP contribution in [0.2, 0.25) is 5.02 Å². The molecule has 0 aliphatic carbocycles. The van der Waals surface area contributed by atoms with Crippen LogP contribution >= 0.6 is 11.6 Å². The highest BCUT2D eigenvalue weighted by Gasteiger charge is 2.19. The van der Waals surface area contributed by atoms with Gasteiger partial charge in [-0.3, -0.25) is 0 Å². The Labute approximate surface area is 133 Å². The van der Waals surface area contributed by atoms with Gasteiger partial charge in [-0.15, -0.1) is 0 Å². The second kappa shape index (κ2) is 5.25. The molecule has 1 aromatic carbocycles. The number of hydrogen-bond acceptors (Lipinski definition) is 4. The number of aryl methyl sites for hydroxylation is 1. The van der Waals surface area contributed by atoms with Gasteiger partial charge in [0.25, 0.3) is 0 Å². The average Bonchev–Trinajstić information content (AvgIpc) is 3.18. The van der Waals surface area contributed by atoms with Gasteiger partial charge in [0.05, 0.1) is 17.3 Å². The molecule has 1 aliphatic rings. The average molecular weight is 314 g/mol. The number of fused-ring (bicyclic) bond motifs is 1. The Morgan fingerprint density at radius 3 is 2.77 bits per heavy atom. The van der Waals surface area contributed by atoms with Crippen LogP contribution in [0.3, 0.4) is 0 Å². The number of nitrogens with zero attached hydrogens (tertiary/aromatic N) is 5. The summed E-state index contributed by atoms with van der Waals surface area (Å²) in [7, 11) is 0. The Morgan fingerprint density at radius 2 is 1.95 bits per heavy atom. The Morgan fingerprint density at radius 1 is 1.14 bits per heavy atom. The zero-order valence-electron chi connectivity index (χ0n) is 12.3. The van der Waals surface area contributed by atoms with Gasteiger partial charge in [0.15, 0.2) is 5.65 Å². The monoisotopic (exact) mass is 313 g/mol. The molecule has 4 rings (SSSR count). The summed E-state index contributed by atoms with van der Waals surface area (Å²) < 4.78 is 1.85. The van der Waals surface area contributed by atoms with E-state index in [0.29, 0.717) is 5.02 Å². The highest BCUT2D eigenvalue weighted by molar-refractivity contribution is 6.30. The van der Waals surface area contributed by atoms with Gasteiger partial charge in [0.2, 0.25) is 0 Å². The number of benzene rings is 1. The topological polar surface area (TPSA) is 46.8 Å².